The molecule has 0 N–H and O–H groups in total. The second-order valence-electron chi connectivity index (χ2n) is 19.1. The average molecular weight is 930 g/mol. The summed E-state index contributed by atoms with van der Waals surface area (Å²) in [4.78, 5) is 2.42. The second kappa shape index (κ2) is 17.4. The molecule has 0 saturated heterocycles. The number of para-hydroxylation sites is 1. The van der Waals surface area contributed by atoms with Crippen LogP contribution in [0.3, 0.4) is 0 Å². The zero-order chi connectivity index (χ0) is 48.3. The number of fused-ring (bicyclic) bond motifs is 7. The lowest BCUT2D eigenvalue weighted by atomic mass is 9.67. The van der Waals surface area contributed by atoms with Crippen LogP contribution in [0.25, 0.3) is 88.3 Å². The Morgan fingerprint density at radius 2 is 0.753 bits per heavy atom. The fourth-order valence-electron chi connectivity index (χ4n) is 11.9. The third-order valence-corrected chi connectivity index (χ3v) is 15.2. The molecule has 2 heteroatoms. The lowest BCUT2D eigenvalue weighted by molar-refractivity contribution is 0.670. The van der Waals surface area contributed by atoms with Gasteiger partial charge in [-0.25, -0.2) is 0 Å². The highest BCUT2D eigenvalue weighted by Gasteiger charge is 2.46. The Labute approximate surface area is 425 Å². The van der Waals surface area contributed by atoms with Gasteiger partial charge in [0.15, 0.2) is 0 Å². The van der Waals surface area contributed by atoms with Gasteiger partial charge in [0.05, 0.1) is 5.41 Å². The van der Waals surface area contributed by atoms with Gasteiger partial charge in [-0.2, -0.15) is 0 Å². The van der Waals surface area contributed by atoms with Gasteiger partial charge in [-0.15, -0.1) is 0 Å². The van der Waals surface area contributed by atoms with Gasteiger partial charge >= 0.3 is 0 Å². The average Bonchev–Trinajstić information content (AvgIpc) is 3.99. The number of hydrogen-bond acceptors (Lipinski definition) is 2. The highest BCUT2D eigenvalue weighted by atomic mass is 16.3. The van der Waals surface area contributed by atoms with Crippen LogP contribution in [0.2, 0.25) is 0 Å². The van der Waals surface area contributed by atoms with Crippen LogP contribution in [0, 0.1) is 0 Å². The number of hydrogen-bond donors (Lipinski definition) is 0. The maximum atomic E-state index is 6.59. The Morgan fingerprint density at radius 3 is 1.47 bits per heavy atom. The maximum Gasteiger partial charge on any atom is 0.143 e. The number of nitrogens with zero attached hydrogens (tertiary/aromatic N) is 1. The minimum atomic E-state index is -0.530. The molecule has 0 unspecified atom stereocenters. The Hall–Kier alpha value is -9.50. The summed E-state index contributed by atoms with van der Waals surface area (Å²) in [5, 5.41) is 4.71. The van der Waals surface area contributed by atoms with Crippen molar-refractivity contribution in [1.82, 2.24) is 0 Å². The molecule has 13 aromatic rings. The lowest BCUT2D eigenvalue weighted by Gasteiger charge is -2.35. The van der Waals surface area contributed by atoms with E-state index in [1.807, 2.05) is 0 Å². The Morgan fingerprint density at radius 1 is 0.274 bits per heavy atom. The summed E-state index contributed by atoms with van der Waals surface area (Å²) < 4.78 is 6.59. The first-order valence-electron chi connectivity index (χ1n) is 25.2. The minimum absolute atomic E-state index is 0.530. The molecular weight excluding hydrogens is 883 g/mol. The molecule has 0 saturated carbocycles. The highest BCUT2D eigenvalue weighted by molar-refractivity contribution is 6.11. The molecule has 12 aromatic carbocycles. The smallest absolute Gasteiger partial charge is 0.143 e. The van der Waals surface area contributed by atoms with Crippen molar-refractivity contribution in [3.05, 3.63) is 307 Å². The van der Waals surface area contributed by atoms with Gasteiger partial charge in [0.2, 0.25) is 0 Å². The summed E-state index contributed by atoms with van der Waals surface area (Å²) in [7, 11) is 0. The van der Waals surface area contributed by atoms with E-state index in [2.05, 4.69) is 290 Å². The summed E-state index contributed by atoms with van der Waals surface area (Å²) in [5.74, 6) is 0. The first-order chi connectivity index (χ1) is 36.2. The fraction of sp³-hybridized carbons (Fsp3) is 0.0141. The molecule has 342 valence electrons. The first kappa shape index (κ1) is 42.4. The number of anilines is 3. The molecule has 1 aliphatic rings. The summed E-state index contributed by atoms with van der Waals surface area (Å²) in [6, 6.07) is 104. The maximum absolute atomic E-state index is 6.59. The van der Waals surface area contributed by atoms with Crippen LogP contribution in [0.1, 0.15) is 22.3 Å². The van der Waals surface area contributed by atoms with E-state index in [9.17, 15) is 0 Å². The molecule has 14 rings (SSSR count). The first-order valence-corrected chi connectivity index (χ1v) is 25.2. The van der Waals surface area contributed by atoms with E-state index < -0.39 is 5.41 Å². The van der Waals surface area contributed by atoms with E-state index >= 15 is 0 Å². The van der Waals surface area contributed by atoms with Crippen molar-refractivity contribution in [3.63, 3.8) is 0 Å². The predicted octanol–water partition coefficient (Wildman–Crippen LogP) is 19.2. The third-order valence-electron chi connectivity index (χ3n) is 15.2. The highest BCUT2D eigenvalue weighted by Crippen LogP contribution is 2.57. The minimum Gasteiger partial charge on any atom is -0.455 e. The summed E-state index contributed by atoms with van der Waals surface area (Å²) in [6.45, 7) is 0. The van der Waals surface area contributed by atoms with Gasteiger partial charge in [-0.05, 0) is 132 Å². The Bertz CT molecular complexity index is 4130. The van der Waals surface area contributed by atoms with Crippen molar-refractivity contribution in [1.29, 1.82) is 0 Å². The van der Waals surface area contributed by atoms with E-state index in [-0.39, 0.29) is 0 Å². The molecule has 1 aliphatic carbocycles. The van der Waals surface area contributed by atoms with Gasteiger partial charge in [-0.3, -0.25) is 0 Å². The lowest BCUT2D eigenvalue weighted by Crippen LogP contribution is -2.28. The normalized spacial score (nSPS) is 12.5. The second-order valence-corrected chi connectivity index (χ2v) is 19.1. The van der Waals surface area contributed by atoms with Crippen LogP contribution in [0.4, 0.5) is 17.1 Å². The van der Waals surface area contributed by atoms with Gasteiger partial charge in [0.25, 0.3) is 0 Å². The number of rotatable bonds is 9. The molecule has 0 amide bonds. The zero-order valence-electron chi connectivity index (χ0n) is 40.0. The van der Waals surface area contributed by atoms with E-state index in [4.69, 9.17) is 4.42 Å². The monoisotopic (exact) mass is 929 g/mol. The Balaban J connectivity index is 0.905. The molecule has 0 bridgehead atoms. The molecule has 1 aromatic heterocycles. The van der Waals surface area contributed by atoms with Gasteiger partial charge in [-0.1, -0.05) is 237 Å². The molecule has 73 heavy (non-hydrogen) atoms. The van der Waals surface area contributed by atoms with Crippen molar-refractivity contribution in [2.75, 3.05) is 4.90 Å². The number of furan rings is 1. The van der Waals surface area contributed by atoms with Crippen molar-refractivity contribution in [2.45, 2.75) is 5.41 Å². The molecule has 2 nitrogen and oxygen atoms in total. The Kier molecular flexibility index (Phi) is 10.1. The van der Waals surface area contributed by atoms with Crippen molar-refractivity contribution < 1.29 is 4.42 Å². The van der Waals surface area contributed by atoms with E-state index in [0.29, 0.717) is 0 Å². The predicted molar refractivity (Wildman–Crippen MR) is 305 cm³/mol. The van der Waals surface area contributed by atoms with Crippen LogP contribution in [0.5, 0.6) is 0 Å². The molecule has 1 heterocycles. The van der Waals surface area contributed by atoms with Crippen molar-refractivity contribution in [3.8, 4) is 55.6 Å². The van der Waals surface area contributed by atoms with Crippen LogP contribution in [-0.4, -0.2) is 0 Å². The zero-order valence-corrected chi connectivity index (χ0v) is 40.0. The quantitative estimate of drug-likeness (QED) is 0.143. The van der Waals surface area contributed by atoms with Gasteiger partial charge < -0.3 is 9.32 Å². The summed E-state index contributed by atoms with van der Waals surface area (Å²) >= 11 is 0. The molecule has 0 fully saturated rings. The topological polar surface area (TPSA) is 16.4 Å². The van der Waals surface area contributed by atoms with Crippen LogP contribution >= 0.6 is 0 Å². The van der Waals surface area contributed by atoms with E-state index in [1.165, 1.54) is 66.4 Å². The molecular formula is C71H47NO. The van der Waals surface area contributed by atoms with Crippen molar-refractivity contribution >= 4 is 49.8 Å². The number of benzene rings is 12. The molecule has 0 radical (unpaired) electrons. The van der Waals surface area contributed by atoms with E-state index in [0.717, 1.165) is 61.3 Å². The van der Waals surface area contributed by atoms with Crippen LogP contribution in [0.15, 0.2) is 290 Å². The largest absolute Gasteiger partial charge is 0.455 e. The summed E-state index contributed by atoms with van der Waals surface area (Å²) in [5.41, 5.74) is 21.4. The SMILES string of the molecule is c1ccc(-c2cccc3c2oc2ccc(-c4ccccc4-c4ccc(N(c5ccc(-c6cccc7ccccc67)cc5)c5ccc6c(c5)C(c5ccccc5)(c5ccccc5)c5ccccc5-6)cc4)cc23)cc1. The van der Waals surface area contributed by atoms with Crippen molar-refractivity contribution in [2.24, 2.45) is 0 Å². The fourth-order valence-corrected chi connectivity index (χ4v) is 11.9. The van der Waals surface area contributed by atoms with Crippen LogP contribution < -0.4 is 4.90 Å². The molecule has 0 atom stereocenters. The van der Waals surface area contributed by atoms with Crippen LogP contribution in [-0.2, 0) is 5.41 Å². The van der Waals surface area contributed by atoms with Gasteiger partial charge in [0.1, 0.15) is 11.2 Å². The van der Waals surface area contributed by atoms with E-state index in [1.54, 1.807) is 0 Å². The van der Waals surface area contributed by atoms with Gasteiger partial charge in [0, 0.05) is 33.4 Å². The third kappa shape index (κ3) is 6.94. The summed E-state index contributed by atoms with van der Waals surface area (Å²) in [6.07, 6.45) is 0. The molecule has 0 aliphatic heterocycles. The molecule has 0 spiro atoms. The standard InChI is InChI=1S/C71H47NO/c1-4-18-49(19-5-1)62-31-17-32-65-66-46-52(38-45-69(66)73-70(62)65)61-28-13-12-27-59(61)50-34-39-55(40-35-50)72(56-41-36-51(37-42-56)60-30-16-21-48-20-10-11-26-58(48)60)57-43-44-64-63-29-14-15-33-67(63)71(68(64)47-57,53-22-6-2-7-23-53)54-24-8-3-9-25-54/h1-47H.